The second-order valence-electron chi connectivity index (χ2n) is 1.96. The Balaban J connectivity index is 2.93. The van der Waals surface area contributed by atoms with E-state index in [1.54, 1.807) is 22.7 Å². The fourth-order valence-corrected chi connectivity index (χ4v) is 0.858. The largest absolute Gasteiger partial charge is 0.494 e. The van der Waals surface area contributed by atoms with E-state index in [0.29, 0.717) is 0 Å². The molecule has 2 aromatic rings. The van der Waals surface area contributed by atoms with Crippen LogP contribution in [0.5, 0.6) is 5.88 Å². The van der Waals surface area contributed by atoms with Crippen molar-refractivity contribution in [3.8, 4) is 5.88 Å². The van der Waals surface area contributed by atoms with Crippen molar-refractivity contribution in [3.63, 3.8) is 0 Å². The first-order valence-corrected chi connectivity index (χ1v) is 2.84. The molecule has 1 N–H and O–H groups in total. The molecule has 0 aliphatic heterocycles. The molecule has 2 aromatic heterocycles. The number of rotatable bonds is 0. The highest BCUT2D eigenvalue weighted by Gasteiger charge is 1.95. The van der Waals surface area contributed by atoms with Gasteiger partial charge in [-0.15, -0.1) is 5.10 Å². The number of fused-ring (bicyclic) bond motifs is 1. The number of aromatic hydroxyl groups is 1. The van der Waals surface area contributed by atoms with Crippen molar-refractivity contribution in [2.45, 2.75) is 0 Å². The summed E-state index contributed by atoms with van der Waals surface area (Å²) < 4.78 is 1.55. The molecule has 0 saturated carbocycles. The Morgan fingerprint density at radius 3 is 3.00 bits per heavy atom. The average Bonchev–Trinajstić information content (AvgIpc) is 2.34. The first-order chi connectivity index (χ1) is 4.88. The van der Waals surface area contributed by atoms with Crippen molar-refractivity contribution in [1.82, 2.24) is 14.6 Å². The third-order valence-corrected chi connectivity index (χ3v) is 1.35. The summed E-state index contributed by atoms with van der Waals surface area (Å²) in [6, 6.07) is 3.36. The third kappa shape index (κ3) is 0.556. The molecule has 10 heavy (non-hydrogen) atoms. The molecule has 2 heterocycles. The Kier molecular flexibility index (Phi) is 0.887. The molecule has 0 atom stereocenters. The first kappa shape index (κ1) is 5.22. The predicted molar refractivity (Wildman–Crippen MR) is 34.7 cm³/mol. The zero-order valence-corrected chi connectivity index (χ0v) is 5.10. The van der Waals surface area contributed by atoms with E-state index >= 15 is 0 Å². The lowest BCUT2D eigenvalue weighted by atomic mass is 10.5. The summed E-state index contributed by atoms with van der Waals surface area (Å²) in [5.41, 5.74) is 0.840. The molecule has 0 unspecified atom stereocenters. The zero-order valence-electron chi connectivity index (χ0n) is 5.10. The maximum atomic E-state index is 9.11. The number of aromatic nitrogens is 3. The molecule has 0 fully saturated rings. The van der Waals surface area contributed by atoms with Gasteiger partial charge in [-0.1, -0.05) is 0 Å². The highest BCUT2D eigenvalue weighted by atomic mass is 16.3. The number of nitrogens with zero attached hydrogens (tertiary/aromatic N) is 3. The standard InChI is InChI=1S/C6H5N3O/c10-6-2-1-5-3-7-8-4-9(5)6/h1-4,10H. The van der Waals surface area contributed by atoms with Crippen LogP contribution in [0, 0.1) is 0 Å². The van der Waals surface area contributed by atoms with Crippen LogP contribution in [0.25, 0.3) is 5.52 Å². The van der Waals surface area contributed by atoms with Crippen molar-refractivity contribution in [1.29, 1.82) is 0 Å². The zero-order chi connectivity index (χ0) is 6.97. The van der Waals surface area contributed by atoms with Crippen molar-refractivity contribution in [2.75, 3.05) is 0 Å². The topological polar surface area (TPSA) is 50.4 Å². The lowest BCUT2D eigenvalue weighted by molar-refractivity contribution is 0.447. The van der Waals surface area contributed by atoms with Crippen LogP contribution in [0.1, 0.15) is 0 Å². The van der Waals surface area contributed by atoms with Gasteiger partial charge in [0, 0.05) is 6.07 Å². The van der Waals surface area contributed by atoms with Crippen LogP contribution >= 0.6 is 0 Å². The fourth-order valence-electron chi connectivity index (χ4n) is 0.858. The molecule has 50 valence electrons. The summed E-state index contributed by atoms with van der Waals surface area (Å²) in [6.45, 7) is 0. The Bertz CT molecular complexity index is 355. The van der Waals surface area contributed by atoms with Crippen molar-refractivity contribution < 1.29 is 5.11 Å². The molecule has 0 aliphatic rings. The Morgan fingerprint density at radius 2 is 2.20 bits per heavy atom. The molecule has 0 bridgehead atoms. The Morgan fingerprint density at radius 1 is 1.30 bits per heavy atom. The number of hydrogen-bond donors (Lipinski definition) is 1. The minimum atomic E-state index is 0.185. The van der Waals surface area contributed by atoms with E-state index in [0.717, 1.165) is 5.52 Å². The van der Waals surface area contributed by atoms with Gasteiger partial charge in [0.25, 0.3) is 0 Å². The van der Waals surface area contributed by atoms with Gasteiger partial charge in [0.1, 0.15) is 6.33 Å². The molecule has 0 saturated heterocycles. The monoisotopic (exact) mass is 135 g/mol. The Hall–Kier alpha value is -1.58. The predicted octanol–water partition coefficient (Wildman–Crippen LogP) is 0.435. The van der Waals surface area contributed by atoms with E-state index < -0.39 is 0 Å². The molecule has 0 amide bonds. The van der Waals surface area contributed by atoms with Gasteiger partial charge in [-0.05, 0) is 6.07 Å². The van der Waals surface area contributed by atoms with Crippen LogP contribution in [-0.4, -0.2) is 19.7 Å². The van der Waals surface area contributed by atoms with Gasteiger partial charge in [-0.25, -0.2) is 0 Å². The summed E-state index contributed by atoms with van der Waals surface area (Å²) in [4.78, 5) is 0. The summed E-state index contributed by atoms with van der Waals surface area (Å²) in [5, 5.41) is 16.3. The lowest BCUT2D eigenvalue weighted by Gasteiger charge is -1.90. The van der Waals surface area contributed by atoms with Gasteiger partial charge >= 0.3 is 0 Å². The minimum absolute atomic E-state index is 0.185. The van der Waals surface area contributed by atoms with Crippen LogP contribution in [0.15, 0.2) is 24.7 Å². The van der Waals surface area contributed by atoms with Gasteiger partial charge < -0.3 is 5.11 Å². The van der Waals surface area contributed by atoms with Crippen molar-refractivity contribution in [2.24, 2.45) is 0 Å². The van der Waals surface area contributed by atoms with E-state index in [-0.39, 0.29) is 5.88 Å². The van der Waals surface area contributed by atoms with Crippen LogP contribution in [0.3, 0.4) is 0 Å². The maximum Gasteiger partial charge on any atom is 0.196 e. The smallest absolute Gasteiger partial charge is 0.196 e. The molecule has 0 radical (unpaired) electrons. The molecule has 4 heteroatoms. The van der Waals surface area contributed by atoms with Gasteiger partial charge in [0.2, 0.25) is 0 Å². The summed E-state index contributed by atoms with van der Waals surface area (Å²) in [7, 11) is 0. The quantitative estimate of drug-likeness (QED) is 0.570. The highest BCUT2D eigenvalue weighted by molar-refractivity contribution is 5.48. The Labute approximate surface area is 56.8 Å². The number of hydrogen-bond acceptors (Lipinski definition) is 3. The van der Waals surface area contributed by atoms with E-state index in [4.69, 9.17) is 5.11 Å². The van der Waals surface area contributed by atoms with E-state index in [1.807, 2.05) is 0 Å². The SMILES string of the molecule is Oc1ccc2cnncn12. The molecule has 0 aromatic carbocycles. The van der Waals surface area contributed by atoms with Gasteiger partial charge in [0.15, 0.2) is 5.88 Å². The van der Waals surface area contributed by atoms with Crippen LogP contribution < -0.4 is 0 Å². The van der Waals surface area contributed by atoms with E-state index in [9.17, 15) is 0 Å². The second-order valence-corrected chi connectivity index (χ2v) is 1.96. The molecular weight excluding hydrogens is 130 g/mol. The summed E-state index contributed by atoms with van der Waals surface area (Å²) >= 11 is 0. The fraction of sp³-hybridized carbons (Fsp3) is 0. The summed E-state index contributed by atoms with van der Waals surface area (Å²) in [6.07, 6.45) is 3.05. The first-order valence-electron chi connectivity index (χ1n) is 2.84. The van der Waals surface area contributed by atoms with E-state index in [1.165, 1.54) is 6.33 Å². The van der Waals surface area contributed by atoms with Crippen molar-refractivity contribution in [3.05, 3.63) is 24.7 Å². The highest BCUT2D eigenvalue weighted by Crippen LogP contribution is 2.12. The molecule has 0 spiro atoms. The molecule has 0 aliphatic carbocycles. The van der Waals surface area contributed by atoms with Gasteiger partial charge in [-0.2, -0.15) is 5.10 Å². The molecule has 2 rings (SSSR count). The van der Waals surface area contributed by atoms with Gasteiger partial charge in [-0.3, -0.25) is 4.40 Å². The van der Waals surface area contributed by atoms with Crippen molar-refractivity contribution >= 4 is 5.52 Å². The molecule has 4 nitrogen and oxygen atoms in total. The normalized spacial score (nSPS) is 10.4. The lowest BCUT2D eigenvalue weighted by Crippen LogP contribution is -1.86. The average molecular weight is 135 g/mol. The van der Waals surface area contributed by atoms with Crippen LogP contribution in [0.2, 0.25) is 0 Å². The molecular formula is C6H5N3O. The maximum absolute atomic E-state index is 9.11. The summed E-state index contributed by atoms with van der Waals surface area (Å²) in [5.74, 6) is 0.185. The third-order valence-electron chi connectivity index (χ3n) is 1.35. The van der Waals surface area contributed by atoms with Crippen LogP contribution in [-0.2, 0) is 0 Å². The van der Waals surface area contributed by atoms with E-state index in [2.05, 4.69) is 10.2 Å². The minimum Gasteiger partial charge on any atom is -0.494 e. The van der Waals surface area contributed by atoms with Crippen LogP contribution in [0.4, 0.5) is 0 Å². The second kappa shape index (κ2) is 1.70. The van der Waals surface area contributed by atoms with Gasteiger partial charge in [0.05, 0.1) is 11.7 Å².